The first kappa shape index (κ1) is 16.2. The topological polar surface area (TPSA) is 38.8 Å². The molecule has 0 aliphatic carbocycles. The second-order valence-electron chi connectivity index (χ2n) is 5.92. The van der Waals surface area contributed by atoms with Gasteiger partial charge < -0.3 is 9.47 Å². The van der Waals surface area contributed by atoms with Gasteiger partial charge in [0.25, 0.3) is 5.91 Å². The lowest BCUT2D eigenvalue weighted by Gasteiger charge is -2.17. The Balaban J connectivity index is 1.67. The third-order valence-electron chi connectivity index (χ3n) is 4.08. The van der Waals surface area contributed by atoms with Crippen LogP contribution in [0.4, 0.5) is 5.69 Å². The number of benzene rings is 2. The van der Waals surface area contributed by atoms with Crippen LogP contribution in [-0.2, 0) is 4.79 Å². The molecule has 1 saturated heterocycles. The van der Waals surface area contributed by atoms with Crippen molar-refractivity contribution in [3.05, 3.63) is 58.0 Å². The molecule has 4 rings (SSSR count). The molecular weight excluding hydrogens is 354 g/mol. The van der Waals surface area contributed by atoms with Crippen molar-refractivity contribution in [2.75, 3.05) is 11.7 Å². The Morgan fingerprint density at radius 3 is 2.72 bits per heavy atom. The molecule has 0 N–H and O–H groups in total. The van der Waals surface area contributed by atoms with Crippen molar-refractivity contribution >= 4 is 46.0 Å². The number of hydrogen-bond acceptors (Lipinski definition) is 5. The van der Waals surface area contributed by atoms with E-state index in [0.717, 1.165) is 28.1 Å². The van der Waals surface area contributed by atoms with Crippen molar-refractivity contribution in [1.82, 2.24) is 0 Å². The van der Waals surface area contributed by atoms with Crippen LogP contribution >= 0.6 is 24.0 Å². The number of carbonyl (C=O) groups is 1. The molecule has 0 radical (unpaired) electrons. The van der Waals surface area contributed by atoms with Gasteiger partial charge >= 0.3 is 0 Å². The summed E-state index contributed by atoms with van der Waals surface area (Å²) in [7, 11) is 0. The highest BCUT2D eigenvalue weighted by molar-refractivity contribution is 8.27. The average Bonchev–Trinajstić information content (AvgIpc) is 3.13. The molecule has 0 saturated carbocycles. The summed E-state index contributed by atoms with van der Waals surface area (Å²) in [5.74, 6) is 1.32. The molecule has 1 amide bonds. The molecule has 126 valence electrons. The van der Waals surface area contributed by atoms with Gasteiger partial charge in [-0.15, -0.1) is 0 Å². The molecule has 2 aromatic rings. The summed E-state index contributed by atoms with van der Waals surface area (Å²) in [6.07, 6.45) is 1.84. The molecule has 0 spiro atoms. The second kappa shape index (κ2) is 6.20. The molecule has 1 fully saturated rings. The Kier molecular flexibility index (Phi) is 4.01. The molecule has 6 heteroatoms. The third-order valence-corrected chi connectivity index (χ3v) is 5.38. The zero-order chi connectivity index (χ0) is 17.6. The summed E-state index contributed by atoms with van der Waals surface area (Å²) >= 11 is 6.76. The van der Waals surface area contributed by atoms with Crippen molar-refractivity contribution in [1.29, 1.82) is 0 Å². The van der Waals surface area contributed by atoms with Gasteiger partial charge in [-0.25, -0.2) is 0 Å². The first-order valence-electron chi connectivity index (χ1n) is 7.78. The standard InChI is InChI=1S/C19H15NO3S2/c1-11-3-5-14(12(2)7-11)20-18(21)17(25-19(20)24)9-13-4-6-15-16(8-13)23-10-22-15/h3-9H,10H2,1-2H3/b17-9-. The van der Waals surface area contributed by atoms with E-state index < -0.39 is 0 Å². The Morgan fingerprint density at radius 2 is 1.92 bits per heavy atom. The van der Waals surface area contributed by atoms with Crippen LogP contribution in [0.5, 0.6) is 11.5 Å². The van der Waals surface area contributed by atoms with Gasteiger partial charge in [-0.2, -0.15) is 0 Å². The molecule has 2 heterocycles. The number of aryl methyl sites for hydroxylation is 2. The number of anilines is 1. The van der Waals surface area contributed by atoms with Crippen LogP contribution in [0, 0.1) is 13.8 Å². The van der Waals surface area contributed by atoms with E-state index in [2.05, 4.69) is 6.07 Å². The van der Waals surface area contributed by atoms with Gasteiger partial charge in [0.2, 0.25) is 6.79 Å². The van der Waals surface area contributed by atoms with Gasteiger partial charge in [0.15, 0.2) is 15.8 Å². The van der Waals surface area contributed by atoms with Gasteiger partial charge in [-0.05, 0) is 49.2 Å². The number of hydrogen-bond donors (Lipinski definition) is 0. The number of ether oxygens (including phenoxy) is 2. The van der Waals surface area contributed by atoms with Crippen molar-refractivity contribution in [3.63, 3.8) is 0 Å². The number of thioether (sulfide) groups is 1. The maximum Gasteiger partial charge on any atom is 0.270 e. The van der Waals surface area contributed by atoms with Crippen LogP contribution in [0.15, 0.2) is 41.3 Å². The first-order valence-corrected chi connectivity index (χ1v) is 9.00. The van der Waals surface area contributed by atoms with E-state index in [4.69, 9.17) is 21.7 Å². The van der Waals surface area contributed by atoms with E-state index in [1.807, 2.05) is 50.3 Å². The maximum atomic E-state index is 12.9. The third kappa shape index (κ3) is 2.92. The molecular formula is C19H15NO3S2. The summed E-state index contributed by atoms with van der Waals surface area (Å²) in [6, 6.07) is 11.6. The second-order valence-corrected chi connectivity index (χ2v) is 7.60. The van der Waals surface area contributed by atoms with Gasteiger partial charge in [0.1, 0.15) is 0 Å². The summed E-state index contributed by atoms with van der Waals surface area (Å²) in [5.41, 5.74) is 3.90. The van der Waals surface area contributed by atoms with Crippen molar-refractivity contribution in [2.24, 2.45) is 0 Å². The Labute approximate surface area is 155 Å². The molecule has 0 bridgehead atoms. The smallest absolute Gasteiger partial charge is 0.270 e. The molecule has 0 unspecified atom stereocenters. The fraction of sp³-hybridized carbons (Fsp3) is 0.158. The Hall–Kier alpha value is -2.31. The van der Waals surface area contributed by atoms with E-state index in [1.54, 1.807) is 4.90 Å². The maximum absolute atomic E-state index is 12.9. The lowest BCUT2D eigenvalue weighted by atomic mass is 10.1. The Morgan fingerprint density at radius 1 is 1.12 bits per heavy atom. The van der Waals surface area contributed by atoms with Crippen molar-refractivity contribution < 1.29 is 14.3 Å². The van der Waals surface area contributed by atoms with E-state index in [-0.39, 0.29) is 12.7 Å². The predicted molar refractivity (Wildman–Crippen MR) is 104 cm³/mol. The quantitative estimate of drug-likeness (QED) is 0.578. The van der Waals surface area contributed by atoms with Gasteiger partial charge in [-0.3, -0.25) is 9.69 Å². The molecule has 0 atom stereocenters. The van der Waals surface area contributed by atoms with E-state index in [9.17, 15) is 4.79 Å². The zero-order valence-corrected chi connectivity index (χ0v) is 15.4. The summed E-state index contributed by atoms with van der Waals surface area (Å²) in [6.45, 7) is 4.25. The van der Waals surface area contributed by atoms with Crippen molar-refractivity contribution in [3.8, 4) is 11.5 Å². The Bertz CT molecular complexity index is 936. The minimum Gasteiger partial charge on any atom is -0.454 e. The lowest BCUT2D eigenvalue weighted by molar-refractivity contribution is -0.113. The molecule has 4 nitrogen and oxygen atoms in total. The van der Waals surface area contributed by atoms with Gasteiger partial charge in [0, 0.05) is 0 Å². The summed E-state index contributed by atoms with van der Waals surface area (Å²) in [4.78, 5) is 15.1. The van der Waals surface area contributed by atoms with Gasteiger partial charge in [0.05, 0.1) is 10.6 Å². The normalized spacial score (nSPS) is 17.7. The lowest BCUT2D eigenvalue weighted by Crippen LogP contribution is -2.28. The highest BCUT2D eigenvalue weighted by Crippen LogP contribution is 2.39. The molecule has 0 aromatic heterocycles. The van der Waals surface area contributed by atoms with Crippen LogP contribution in [0.2, 0.25) is 0 Å². The molecule has 25 heavy (non-hydrogen) atoms. The zero-order valence-electron chi connectivity index (χ0n) is 13.7. The monoisotopic (exact) mass is 369 g/mol. The minimum absolute atomic E-state index is 0.0976. The van der Waals surface area contributed by atoms with Crippen LogP contribution in [-0.4, -0.2) is 17.0 Å². The SMILES string of the molecule is Cc1ccc(N2C(=O)/C(=C/c3ccc4c(c3)OCO4)SC2=S)c(C)c1. The molecule has 2 aromatic carbocycles. The number of rotatable bonds is 2. The van der Waals surface area contributed by atoms with Gasteiger partial charge in [-0.1, -0.05) is 47.7 Å². The van der Waals surface area contributed by atoms with E-state index in [1.165, 1.54) is 11.8 Å². The molecule has 2 aliphatic heterocycles. The summed E-state index contributed by atoms with van der Waals surface area (Å²) in [5, 5.41) is 0. The van der Waals surface area contributed by atoms with E-state index in [0.29, 0.717) is 15.0 Å². The number of thiocarbonyl (C=S) groups is 1. The average molecular weight is 369 g/mol. The van der Waals surface area contributed by atoms with Crippen LogP contribution in [0.25, 0.3) is 6.08 Å². The highest BCUT2D eigenvalue weighted by atomic mass is 32.2. The van der Waals surface area contributed by atoms with Crippen molar-refractivity contribution in [2.45, 2.75) is 13.8 Å². The number of fused-ring (bicyclic) bond motifs is 1. The van der Waals surface area contributed by atoms with E-state index >= 15 is 0 Å². The highest BCUT2D eigenvalue weighted by Gasteiger charge is 2.34. The van der Waals surface area contributed by atoms with Crippen LogP contribution in [0.1, 0.15) is 16.7 Å². The predicted octanol–water partition coefficient (Wildman–Crippen LogP) is 4.44. The largest absolute Gasteiger partial charge is 0.454 e. The van der Waals surface area contributed by atoms with Crippen LogP contribution < -0.4 is 14.4 Å². The minimum atomic E-state index is -0.0976. The fourth-order valence-corrected chi connectivity index (χ4v) is 4.17. The number of carbonyl (C=O) groups excluding carboxylic acids is 1. The number of amides is 1. The fourth-order valence-electron chi connectivity index (χ4n) is 2.89. The molecule has 2 aliphatic rings. The summed E-state index contributed by atoms with van der Waals surface area (Å²) < 4.78 is 11.3. The van der Waals surface area contributed by atoms with Crippen LogP contribution in [0.3, 0.4) is 0 Å². The number of nitrogens with zero attached hydrogens (tertiary/aromatic N) is 1. The first-order chi connectivity index (χ1) is 12.0.